The fourth-order valence-electron chi connectivity index (χ4n) is 2.64. The number of anilines is 1. The third-order valence-electron chi connectivity index (χ3n) is 3.78. The number of hydrogen-bond acceptors (Lipinski definition) is 4. The van der Waals surface area contributed by atoms with Gasteiger partial charge in [-0.3, -0.25) is 9.59 Å². The molecule has 20 heavy (non-hydrogen) atoms. The number of carbonyl (C=O) groups is 2. The molecular formula is C14H14N2O4. The van der Waals surface area contributed by atoms with E-state index in [9.17, 15) is 19.8 Å². The Balaban J connectivity index is 2.11. The number of aromatic hydroxyl groups is 2. The van der Waals surface area contributed by atoms with Gasteiger partial charge in [-0.05, 0) is 19.4 Å². The molecule has 104 valence electrons. The van der Waals surface area contributed by atoms with Crippen LogP contribution in [0.2, 0.25) is 0 Å². The molecular weight excluding hydrogens is 260 g/mol. The van der Waals surface area contributed by atoms with Crippen LogP contribution in [0.5, 0.6) is 11.5 Å². The molecule has 3 rings (SSSR count). The fourth-order valence-corrected chi connectivity index (χ4v) is 2.64. The molecule has 1 fully saturated rings. The minimum atomic E-state index is -0.537. The third-order valence-corrected chi connectivity index (χ3v) is 3.78. The Kier molecular flexibility index (Phi) is 2.67. The van der Waals surface area contributed by atoms with E-state index in [1.54, 1.807) is 0 Å². The number of phenolic OH excluding ortho intramolecular Hbond substituents is 2. The smallest absolute Gasteiger partial charge is 0.257 e. The van der Waals surface area contributed by atoms with Crippen molar-refractivity contribution in [2.24, 2.45) is 0 Å². The highest BCUT2D eigenvalue weighted by Gasteiger charge is 2.40. The molecule has 2 heterocycles. The molecule has 0 unspecified atom stereocenters. The summed E-state index contributed by atoms with van der Waals surface area (Å²) >= 11 is 0. The summed E-state index contributed by atoms with van der Waals surface area (Å²) in [5, 5.41) is 21.7. The molecule has 1 saturated heterocycles. The topological polar surface area (TPSA) is 89.9 Å². The standard InChI is InChI=1S/C14H14N2O4/c1-2-7-3-10-13(19)15-9-5-12(18)11(17)4-8(9)14(20)16(10)6-7/h2,4-5,10,17-18H,3,6H2,1H3,(H,15,19)/b7-2+/t10-/m1/s1. The first kappa shape index (κ1) is 12.5. The summed E-state index contributed by atoms with van der Waals surface area (Å²) in [5.41, 5.74) is 1.45. The van der Waals surface area contributed by atoms with Crippen molar-refractivity contribution < 1.29 is 19.8 Å². The van der Waals surface area contributed by atoms with E-state index in [0.717, 1.165) is 5.57 Å². The van der Waals surface area contributed by atoms with E-state index in [4.69, 9.17) is 0 Å². The molecule has 1 aromatic carbocycles. The highest BCUT2D eigenvalue weighted by Crippen LogP contribution is 2.36. The average molecular weight is 274 g/mol. The number of nitrogens with one attached hydrogen (secondary N) is 1. The van der Waals surface area contributed by atoms with Gasteiger partial charge in [-0.15, -0.1) is 0 Å². The second kappa shape index (κ2) is 4.26. The van der Waals surface area contributed by atoms with Crippen molar-refractivity contribution in [3.63, 3.8) is 0 Å². The van der Waals surface area contributed by atoms with Gasteiger partial charge < -0.3 is 20.4 Å². The summed E-state index contributed by atoms with van der Waals surface area (Å²) < 4.78 is 0. The molecule has 1 atom stereocenters. The zero-order chi connectivity index (χ0) is 14.4. The van der Waals surface area contributed by atoms with Crippen LogP contribution >= 0.6 is 0 Å². The van der Waals surface area contributed by atoms with Gasteiger partial charge in [-0.1, -0.05) is 11.6 Å². The first-order chi connectivity index (χ1) is 9.51. The highest BCUT2D eigenvalue weighted by molar-refractivity contribution is 6.11. The van der Waals surface area contributed by atoms with E-state index in [0.29, 0.717) is 13.0 Å². The maximum atomic E-state index is 12.5. The molecule has 2 aliphatic heterocycles. The van der Waals surface area contributed by atoms with Crippen LogP contribution in [0.3, 0.4) is 0 Å². The lowest BCUT2D eigenvalue weighted by molar-refractivity contribution is -0.119. The average Bonchev–Trinajstić information content (AvgIpc) is 2.82. The van der Waals surface area contributed by atoms with Gasteiger partial charge in [0.15, 0.2) is 11.5 Å². The van der Waals surface area contributed by atoms with Crippen molar-refractivity contribution in [2.75, 3.05) is 11.9 Å². The van der Waals surface area contributed by atoms with Crippen molar-refractivity contribution in [2.45, 2.75) is 19.4 Å². The number of amides is 2. The molecule has 0 aliphatic carbocycles. The zero-order valence-electron chi connectivity index (χ0n) is 10.9. The summed E-state index contributed by atoms with van der Waals surface area (Å²) in [6.45, 7) is 2.29. The first-order valence-corrected chi connectivity index (χ1v) is 6.33. The van der Waals surface area contributed by atoms with Crippen LogP contribution in [0.25, 0.3) is 0 Å². The predicted molar refractivity (Wildman–Crippen MR) is 71.6 cm³/mol. The van der Waals surface area contributed by atoms with Gasteiger partial charge >= 0.3 is 0 Å². The Labute approximate surface area is 115 Å². The van der Waals surface area contributed by atoms with Crippen LogP contribution in [0.1, 0.15) is 23.7 Å². The molecule has 6 nitrogen and oxygen atoms in total. The molecule has 2 aliphatic rings. The van der Waals surface area contributed by atoms with E-state index in [1.165, 1.54) is 17.0 Å². The van der Waals surface area contributed by atoms with Gasteiger partial charge in [0.2, 0.25) is 5.91 Å². The number of carbonyl (C=O) groups excluding carboxylic acids is 2. The van der Waals surface area contributed by atoms with Gasteiger partial charge in [-0.25, -0.2) is 0 Å². The summed E-state index contributed by atoms with van der Waals surface area (Å²) in [6.07, 6.45) is 2.42. The minimum absolute atomic E-state index is 0.188. The monoisotopic (exact) mass is 274 g/mol. The molecule has 1 aromatic rings. The lowest BCUT2D eigenvalue weighted by atomic mass is 10.1. The normalized spacial score (nSPS) is 23.4. The Morgan fingerprint density at radius 3 is 2.70 bits per heavy atom. The number of phenols is 2. The number of hydrogen-bond donors (Lipinski definition) is 3. The minimum Gasteiger partial charge on any atom is -0.504 e. The van der Waals surface area contributed by atoms with Crippen LogP contribution < -0.4 is 5.32 Å². The largest absolute Gasteiger partial charge is 0.504 e. The maximum Gasteiger partial charge on any atom is 0.257 e. The van der Waals surface area contributed by atoms with Gasteiger partial charge in [-0.2, -0.15) is 0 Å². The van der Waals surface area contributed by atoms with Crippen molar-refractivity contribution in [3.8, 4) is 11.5 Å². The third kappa shape index (κ3) is 1.72. The van der Waals surface area contributed by atoms with E-state index < -0.39 is 6.04 Å². The molecule has 3 N–H and O–H groups in total. The van der Waals surface area contributed by atoms with Crippen molar-refractivity contribution in [1.29, 1.82) is 0 Å². The molecule has 0 radical (unpaired) electrons. The first-order valence-electron chi connectivity index (χ1n) is 6.33. The zero-order valence-corrected chi connectivity index (χ0v) is 10.9. The Morgan fingerprint density at radius 1 is 1.30 bits per heavy atom. The SMILES string of the molecule is C/C=C1\C[C@@H]2C(=O)Nc3cc(O)c(O)cc3C(=O)N2C1. The summed E-state index contributed by atoms with van der Waals surface area (Å²) in [4.78, 5) is 26.2. The van der Waals surface area contributed by atoms with E-state index in [1.807, 2.05) is 13.0 Å². The predicted octanol–water partition coefficient (Wildman–Crippen LogP) is 1.21. The van der Waals surface area contributed by atoms with Crippen molar-refractivity contribution in [3.05, 3.63) is 29.3 Å². The van der Waals surface area contributed by atoms with Crippen molar-refractivity contribution >= 4 is 17.5 Å². The highest BCUT2D eigenvalue weighted by atomic mass is 16.3. The van der Waals surface area contributed by atoms with Crippen LogP contribution in [-0.4, -0.2) is 39.5 Å². The summed E-state index contributed by atoms with van der Waals surface area (Å²) in [5.74, 6) is -1.35. The van der Waals surface area contributed by atoms with E-state index >= 15 is 0 Å². The van der Waals surface area contributed by atoms with Crippen LogP contribution in [0, 0.1) is 0 Å². The van der Waals surface area contributed by atoms with E-state index in [2.05, 4.69) is 5.32 Å². The Bertz CT molecular complexity index is 651. The number of fused-ring (bicyclic) bond motifs is 2. The second-order valence-corrected chi connectivity index (χ2v) is 4.98. The quantitative estimate of drug-likeness (QED) is 0.377. The molecule has 0 saturated carbocycles. The number of rotatable bonds is 0. The lowest BCUT2D eigenvalue weighted by Crippen LogP contribution is -2.40. The maximum absolute atomic E-state index is 12.5. The molecule has 0 aromatic heterocycles. The molecule has 0 bridgehead atoms. The van der Waals surface area contributed by atoms with Crippen molar-refractivity contribution in [1.82, 2.24) is 4.90 Å². The second-order valence-electron chi connectivity index (χ2n) is 4.98. The summed E-state index contributed by atoms with van der Waals surface area (Å²) in [7, 11) is 0. The number of allylic oxidation sites excluding steroid dienone is 1. The fraction of sp³-hybridized carbons (Fsp3) is 0.286. The van der Waals surface area contributed by atoms with Crippen LogP contribution in [0.15, 0.2) is 23.8 Å². The molecule has 2 amide bonds. The lowest BCUT2D eigenvalue weighted by Gasteiger charge is -2.19. The number of nitrogens with zero attached hydrogens (tertiary/aromatic N) is 1. The van der Waals surface area contributed by atoms with Crippen LogP contribution in [-0.2, 0) is 4.79 Å². The molecule has 0 spiro atoms. The Hall–Kier alpha value is -2.50. The van der Waals surface area contributed by atoms with Crippen LogP contribution in [0.4, 0.5) is 5.69 Å². The Morgan fingerprint density at radius 2 is 2.00 bits per heavy atom. The van der Waals surface area contributed by atoms with Gasteiger partial charge in [0.05, 0.1) is 11.3 Å². The van der Waals surface area contributed by atoms with Gasteiger partial charge in [0, 0.05) is 12.6 Å². The molecule has 6 heteroatoms. The van der Waals surface area contributed by atoms with E-state index in [-0.39, 0.29) is 34.6 Å². The van der Waals surface area contributed by atoms with Gasteiger partial charge in [0.1, 0.15) is 6.04 Å². The summed E-state index contributed by atoms with van der Waals surface area (Å²) in [6, 6.07) is 1.84. The van der Waals surface area contributed by atoms with Gasteiger partial charge in [0.25, 0.3) is 5.91 Å². The number of benzene rings is 1.